The summed E-state index contributed by atoms with van der Waals surface area (Å²) in [5.41, 5.74) is 9.60. The first-order valence-corrected chi connectivity index (χ1v) is 6.45. The molecule has 90 valence electrons. The Labute approximate surface area is 113 Å². The van der Waals surface area contributed by atoms with Crippen molar-refractivity contribution in [1.82, 2.24) is 9.55 Å². The zero-order valence-corrected chi connectivity index (χ0v) is 11.5. The third kappa shape index (κ3) is 1.69. The van der Waals surface area contributed by atoms with Gasteiger partial charge in [-0.1, -0.05) is 12.1 Å². The molecule has 3 rings (SSSR count). The summed E-state index contributed by atoms with van der Waals surface area (Å²) in [6.45, 7) is 2.00. The number of rotatable bonds is 1. The molecular weight excluding hydrogens is 290 g/mol. The topological polar surface area (TPSA) is 43.8 Å². The van der Waals surface area contributed by atoms with Gasteiger partial charge in [0.25, 0.3) is 0 Å². The fourth-order valence-electron chi connectivity index (χ4n) is 2.15. The van der Waals surface area contributed by atoms with Crippen molar-refractivity contribution in [3.05, 3.63) is 52.8 Å². The molecule has 1 heterocycles. The SMILES string of the molecule is Cc1nc2cc(N)ccc2n1-c1ccccc1Br. The quantitative estimate of drug-likeness (QED) is 0.697. The van der Waals surface area contributed by atoms with Crippen molar-refractivity contribution < 1.29 is 0 Å². The Morgan fingerprint density at radius 2 is 1.94 bits per heavy atom. The Morgan fingerprint density at radius 3 is 2.72 bits per heavy atom. The fraction of sp³-hybridized carbons (Fsp3) is 0.0714. The van der Waals surface area contributed by atoms with Crippen LogP contribution in [0.5, 0.6) is 0 Å². The first-order chi connectivity index (χ1) is 8.66. The van der Waals surface area contributed by atoms with Crippen molar-refractivity contribution in [1.29, 1.82) is 0 Å². The number of aryl methyl sites for hydroxylation is 1. The third-order valence-electron chi connectivity index (χ3n) is 2.94. The number of halogens is 1. The van der Waals surface area contributed by atoms with Gasteiger partial charge in [0.15, 0.2) is 0 Å². The molecule has 2 N–H and O–H groups in total. The number of imidazole rings is 1. The van der Waals surface area contributed by atoms with Crippen LogP contribution in [0.4, 0.5) is 5.69 Å². The van der Waals surface area contributed by atoms with Gasteiger partial charge in [-0.05, 0) is 53.2 Å². The highest BCUT2D eigenvalue weighted by molar-refractivity contribution is 9.10. The second-order valence-corrected chi connectivity index (χ2v) is 5.05. The molecule has 0 amide bonds. The van der Waals surface area contributed by atoms with Gasteiger partial charge in [-0.15, -0.1) is 0 Å². The van der Waals surface area contributed by atoms with E-state index in [0.717, 1.165) is 32.7 Å². The first kappa shape index (κ1) is 11.3. The van der Waals surface area contributed by atoms with Crippen LogP contribution in [0.25, 0.3) is 16.7 Å². The largest absolute Gasteiger partial charge is 0.399 e. The van der Waals surface area contributed by atoms with Crippen LogP contribution in [0.3, 0.4) is 0 Å². The number of nitrogen functional groups attached to an aromatic ring is 1. The van der Waals surface area contributed by atoms with Gasteiger partial charge in [0.1, 0.15) is 5.82 Å². The summed E-state index contributed by atoms with van der Waals surface area (Å²) >= 11 is 3.58. The van der Waals surface area contributed by atoms with E-state index in [1.807, 2.05) is 43.3 Å². The molecule has 0 saturated carbocycles. The van der Waals surface area contributed by atoms with Crippen LogP contribution < -0.4 is 5.73 Å². The lowest BCUT2D eigenvalue weighted by atomic mass is 10.2. The van der Waals surface area contributed by atoms with E-state index < -0.39 is 0 Å². The zero-order chi connectivity index (χ0) is 12.7. The van der Waals surface area contributed by atoms with E-state index in [1.165, 1.54) is 0 Å². The fourth-order valence-corrected chi connectivity index (χ4v) is 2.62. The molecular formula is C14H12BrN3. The van der Waals surface area contributed by atoms with Gasteiger partial charge in [-0.25, -0.2) is 4.98 Å². The minimum Gasteiger partial charge on any atom is -0.399 e. The number of nitrogens with zero attached hydrogens (tertiary/aromatic N) is 2. The van der Waals surface area contributed by atoms with Gasteiger partial charge in [-0.2, -0.15) is 0 Å². The molecule has 2 aromatic carbocycles. The van der Waals surface area contributed by atoms with Crippen LogP contribution in [0, 0.1) is 6.92 Å². The molecule has 0 spiro atoms. The number of benzene rings is 2. The van der Waals surface area contributed by atoms with Crippen molar-refractivity contribution >= 4 is 32.7 Å². The Kier molecular flexibility index (Phi) is 2.59. The van der Waals surface area contributed by atoms with Gasteiger partial charge in [0, 0.05) is 10.2 Å². The number of fused-ring (bicyclic) bond motifs is 1. The van der Waals surface area contributed by atoms with Crippen LogP contribution in [0.2, 0.25) is 0 Å². The summed E-state index contributed by atoms with van der Waals surface area (Å²) in [5.74, 6) is 0.947. The second-order valence-electron chi connectivity index (χ2n) is 4.19. The van der Waals surface area contributed by atoms with Gasteiger partial charge in [0.05, 0.1) is 16.7 Å². The van der Waals surface area contributed by atoms with Gasteiger partial charge in [0.2, 0.25) is 0 Å². The lowest BCUT2D eigenvalue weighted by Crippen LogP contribution is -1.97. The molecule has 4 heteroatoms. The molecule has 0 bridgehead atoms. The van der Waals surface area contributed by atoms with E-state index in [9.17, 15) is 0 Å². The predicted octanol–water partition coefficient (Wildman–Crippen LogP) is 3.68. The van der Waals surface area contributed by atoms with Crippen molar-refractivity contribution in [3.63, 3.8) is 0 Å². The maximum absolute atomic E-state index is 5.79. The van der Waals surface area contributed by atoms with Crippen LogP contribution >= 0.6 is 15.9 Å². The van der Waals surface area contributed by atoms with Crippen LogP contribution in [-0.2, 0) is 0 Å². The van der Waals surface area contributed by atoms with E-state index in [1.54, 1.807) is 0 Å². The Hall–Kier alpha value is -1.81. The van der Waals surface area contributed by atoms with Gasteiger partial charge >= 0.3 is 0 Å². The number of hydrogen-bond acceptors (Lipinski definition) is 2. The lowest BCUT2D eigenvalue weighted by Gasteiger charge is -2.09. The summed E-state index contributed by atoms with van der Waals surface area (Å²) in [5, 5.41) is 0. The first-order valence-electron chi connectivity index (χ1n) is 5.66. The number of hydrogen-bond donors (Lipinski definition) is 1. The van der Waals surface area contributed by atoms with Crippen molar-refractivity contribution in [2.45, 2.75) is 6.92 Å². The summed E-state index contributed by atoms with van der Waals surface area (Å²) < 4.78 is 3.17. The highest BCUT2D eigenvalue weighted by Crippen LogP contribution is 2.27. The minimum absolute atomic E-state index is 0.735. The molecule has 3 aromatic rings. The molecule has 0 aliphatic heterocycles. The Bertz CT molecular complexity index is 731. The lowest BCUT2D eigenvalue weighted by molar-refractivity contribution is 0.996. The van der Waals surface area contributed by atoms with Gasteiger partial charge < -0.3 is 5.73 Å². The highest BCUT2D eigenvalue weighted by Gasteiger charge is 2.11. The molecule has 0 atom stereocenters. The summed E-state index contributed by atoms with van der Waals surface area (Å²) in [7, 11) is 0. The maximum atomic E-state index is 5.79. The second kappa shape index (κ2) is 4.14. The number of anilines is 1. The van der Waals surface area contributed by atoms with E-state index in [4.69, 9.17) is 5.73 Å². The average Bonchev–Trinajstić information content (AvgIpc) is 2.65. The molecule has 0 aliphatic rings. The summed E-state index contributed by atoms with van der Waals surface area (Å²) in [6, 6.07) is 13.9. The molecule has 0 radical (unpaired) electrons. The van der Waals surface area contributed by atoms with Crippen molar-refractivity contribution in [2.24, 2.45) is 0 Å². The standard InChI is InChI=1S/C14H12BrN3/c1-9-17-12-8-10(16)6-7-14(12)18(9)13-5-3-2-4-11(13)15/h2-8H,16H2,1H3. The molecule has 18 heavy (non-hydrogen) atoms. The van der Waals surface area contributed by atoms with Crippen LogP contribution in [0.1, 0.15) is 5.82 Å². The Morgan fingerprint density at radius 1 is 1.17 bits per heavy atom. The third-order valence-corrected chi connectivity index (χ3v) is 3.61. The zero-order valence-electron chi connectivity index (χ0n) is 9.89. The van der Waals surface area contributed by atoms with Crippen molar-refractivity contribution in [2.75, 3.05) is 5.73 Å². The number of aromatic nitrogens is 2. The number of nitrogens with two attached hydrogens (primary N) is 1. The molecule has 0 unspecified atom stereocenters. The van der Waals surface area contributed by atoms with Gasteiger partial charge in [-0.3, -0.25) is 4.57 Å². The minimum atomic E-state index is 0.735. The molecule has 0 fully saturated rings. The molecule has 0 aliphatic carbocycles. The summed E-state index contributed by atoms with van der Waals surface area (Å²) in [4.78, 5) is 4.55. The molecule has 0 saturated heterocycles. The van der Waals surface area contributed by atoms with Crippen molar-refractivity contribution in [3.8, 4) is 5.69 Å². The van der Waals surface area contributed by atoms with E-state index in [0.29, 0.717) is 0 Å². The summed E-state index contributed by atoms with van der Waals surface area (Å²) in [6.07, 6.45) is 0. The smallest absolute Gasteiger partial charge is 0.111 e. The molecule has 1 aromatic heterocycles. The van der Waals surface area contributed by atoms with E-state index >= 15 is 0 Å². The number of para-hydroxylation sites is 1. The van der Waals surface area contributed by atoms with E-state index in [2.05, 4.69) is 31.5 Å². The highest BCUT2D eigenvalue weighted by atomic mass is 79.9. The average molecular weight is 302 g/mol. The normalized spacial score (nSPS) is 11.0. The maximum Gasteiger partial charge on any atom is 0.111 e. The monoisotopic (exact) mass is 301 g/mol. The predicted molar refractivity (Wildman–Crippen MR) is 77.9 cm³/mol. The van der Waals surface area contributed by atoms with E-state index in [-0.39, 0.29) is 0 Å². The Balaban J connectivity index is 2.36. The van der Waals surface area contributed by atoms with Crippen LogP contribution in [0.15, 0.2) is 46.9 Å². The van der Waals surface area contributed by atoms with Crippen LogP contribution in [-0.4, -0.2) is 9.55 Å². The molecule has 3 nitrogen and oxygen atoms in total.